The minimum absolute atomic E-state index is 0.00501. The van der Waals surface area contributed by atoms with Crippen molar-refractivity contribution < 1.29 is 32.7 Å². The van der Waals surface area contributed by atoms with Crippen molar-refractivity contribution in [3.05, 3.63) is 105 Å². The first-order valence-corrected chi connectivity index (χ1v) is 25.4. The van der Waals surface area contributed by atoms with Crippen LogP contribution in [0.2, 0.25) is 0 Å². The molecular weight excluding hydrogens is 871 g/mol. The number of ether oxygens (including phenoxy) is 2. The number of pyridine rings is 1. The molecule has 0 unspecified atom stereocenters. The zero-order valence-electron chi connectivity index (χ0n) is 38.7. The van der Waals surface area contributed by atoms with Crippen molar-refractivity contribution in [3.63, 3.8) is 0 Å². The van der Waals surface area contributed by atoms with Crippen molar-refractivity contribution >= 4 is 44.0 Å². The third-order valence-corrected chi connectivity index (χ3v) is 16.8. The Hall–Kier alpha value is -5.71. The lowest BCUT2D eigenvalue weighted by molar-refractivity contribution is -0.384. The number of carbonyl (C=O) groups excluding carboxylic acids is 1. The number of anilines is 2. The van der Waals surface area contributed by atoms with Crippen LogP contribution in [0.4, 0.5) is 17.1 Å². The molecule has 354 valence electrons. The first-order valence-electron chi connectivity index (χ1n) is 23.9. The second kappa shape index (κ2) is 17.4. The predicted molar refractivity (Wildman–Crippen MR) is 257 cm³/mol. The van der Waals surface area contributed by atoms with Gasteiger partial charge in [0.05, 0.1) is 33.2 Å². The summed E-state index contributed by atoms with van der Waals surface area (Å²) in [6.07, 6.45) is 9.98. The van der Waals surface area contributed by atoms with Gasteiger partial charge in [0, 0.05) is 67.2 Å². The third-order valence-electron chi connectivity index (χ3n) is 15.5. The van der Waals surface area contributed by atoms with Crippen LogP contribution in [-0.2, 0) is 10.0 Å². The van der Waals surface area contributed by atoms with Crippen LogP contribution in [0, 0.1) is 28.4 Å². The Morgan fingerprint density at radius 2 is 1.78 bits per heavy atom. The van der Waals surface area contributed by atoms with Crippen LogP contribution in [0.5, 0.6) is 17.2 Å². The Morgan fingerprint density at radius 3 is 2.52 bits per heavy atom. The topological polar surface area (TPSA) is 192 Å². The van der Waals surface area contributed by atoms with Crippen molar-refractivity contribution in [1.82, 2.24) is 19.6 Å². The molecule has 3 aromatic carbocycles. The van der Waals surface area contributed by atoms with E-state index in [0.717, 1.165) is 61.9 Å². The van der Waals surface area contributed by atoms with Crippen LogP contribution in [-0.4, -0.2) is 89.7 Å². The van der Waals surface area contributed by atoms with Gasteiger partial charge in [-0.25, -0.2) is 18.1 Å². The summed E-state index contributed by atoms with van der Waals surface area (Å²) < 4.78 is 42.5. The van der Waals surface area contributed by atoms with Gasteiger partial charge in [0.1, 0.15) is 23.8 Å². The van der Waals surface area contributed by atoms with E-state index < -0.39 is 37.0 Å². The number of nitrogens with one attached hydrogen (secondary N) is 3. The summed E-state index contributed by atoms with van der Waals surface area (Å²) in [5.41, 5.74) is 4.53. The van der Waals surface area contributed by atoms with Gasteiger partial charge < -0.3 is 29.8 Å². The van der Waals surface area contributed by atoms with Crippen LogP contribution in [0.25, 0.3) is 11.0 Å². The number of sulfonamides is 1. The highest BCUT2D eigenvalue weighted by molar-refractivity contribution is 7.90. The number of amides is 1. The van der Waals surface area contributed by atoms with E-state index in [9.17, 15) is 28.4 Å². The van der Waals surface area contributed by atoms with E-state index in [-0.39, 0.29) is 46.7 Å². The molecule has 2 saturated heterocycles. The van der Waals surface area contributed by atoms with E-state index in [1.165, 1.54) is 36.5 Å². The van der Waals surface area contributed by atoms with E-state index in [4.69, 9.17) is 9.47 Å². The summed E-state index contributed by atoms with van der Waals surface area (Å²) in [4.78, 5) is 38.2. The number of nitrogens with zero attached hydrogens (tertiary/aromatic N) is 4. The maximum atomic E-state index is 14.2. The van der Waals surface area contributed by atoms with E-state index in [1.54, 1.807) is 18.3 Å². The molecule has 16 heteroatoms. The standard InChI is InChI=1S/C51H61N7O8S/c1-31(2)38-8-5-6-9-39(38)40-10-7-11-43(40)57-29-51(30-57)18-20-56(21-19-51)35-12-13-41(45(24-35)66-36-23-34-22-32(3)53-48(34)52-27-36)49(59)55-67(63,64)37-25-44(58(61)62)47-46(26-37)65-28-42(54-47)33-14-16-50(4,60)17-15-33/h5-6,8-9,12-13,22-27,31,33,40,42-43,54,60H,7,10-11,14-21,28-30H2,1-4H3,(H,52,53)(H,55,59)/t33?,40-,42+,43-,50?/m0/s1. The maximum Gasteiger partial charge on any atom is 0.297 e. The average molecular weight is 932 g/mol. The minimum Gasteiger partial charge on any atom is -0.489 e. The summed E-state index contributed by atoms with van der Waals surface area (Å²) in [7, 11) is -4.66. The number of aliphatic hydroxyl groups is 1. The summed E-state index contributed by atoms with van der Waals surface area (Å²) in [6.45, 7) is 12.3. The molecule has 5 aliphatic rings. The Labute approximate surface area is 391 Å². The summed E-state index contributed by atoms with van der Waals surface area (Å²) in [6, 6.07) is 20.4. The molecule has 2 saturated carbocycles. The summed E-state index contributed by atoms with van der Waals surface area (Å²) in [5.74, 6) is 0.720. The third kappa shape index (κ3) is 8.95. The van der Waals surface area contributed by atoms with E-state index in [1.807, 2.05) is 32.0 Å². The fourth-order valence-electron chi connectivity index (χ4n) is 11.7. The summed E-state index contributed by atoms with van der Waals surface area (Å²) >= 11 is 0. The number of benzene rings is 3. The number of likely N-dealkylation sites (tertiary alicyclic amines) is 1. The van der Waals surface area contributed by atoms with Gasteiger partial charge in [0.2, 0.25) is 0 Å². The van der Waals surface area contributed by atoms with Gasteiger partial charge >= 0.3 is 0 Å². The Balaban J connectivity index is 0.861. The number of H-pyrrole nitrogens is 1. The van der Waals surface area contributed by atoms with Crippen LogP contribution < -0.4 is 24.4 Å². The molecule has 4 N–H and O–H groups in total. The first-order chi connectivity index (χ1) is 32.0. The molecule has 15 nitrogen and oxygen atoms in total. The number of carbonyl (C=O) groups is 1. The zero-order chi connectivity index (χ0) is 46.8. The molecule has 1 spiro atoms. The number of aromatic amines is 1. The quantitative estimate of drug-likeness (QED) is 0.0727. The highest BCUT2D eigenvalue weighted by Gasteiger charge is 2.49. The van der Waals surface area contributed by atoms with Crippen LogP contribution in [0.15, 0.2) is 77.8 Å². The van der Waals surface area contributed by atoms with Crippen molar-refractivity contribution in [3.8, 4) is 17.2 Å². The first kappa shape index (κ1) is 45.1. The number of nitro benzene ring substituents is 1. The monoisotopic (exact) mass is 931 g/mol. The summed E-state index contributed by atoms with van der Waals surface area (Å²) in [5, 5.41) is 26.9. The van der Waals surface area contributed by atoms with Gasteiger partial charge in [-0.05, 0) is 124 Å². The molecular formula is C51H61N7O8S. The minimum atomic E-state index is -4.66. The van der Waals surface area contributed by atoms with Crippen LogP contribution in [0.3, 0.4) is 0 Å². The Bertz CT molecular complexity index is 2820. The van der Waals surface area contributed by atoms with Gasteiger partial charge in [-0.2, -0.15) is 0 Å². The number of nitro groups is 1. The van der Waals surface area contributed by atoms with Crippen molar-refractivity contribution in [1.29, 1.82) is 0 Å². The van der Waals surface area contributed by atoms with E-state index >= 15 is 0 Å². The molecule has 2 aromatic heterocycles. The largest absolute Gasteiger partial charge is 0.489 e. The highest BCUT2D eigenvalue weighted by Crippen LogP contribution is 2.49. The molecule has 5 heterocycles. The maximum absolute atomic E-state index is 14.2. The lowest BCUT2D eigenvalue weighted by atomic mass is 9.70. The lowest BCUT2D eigenvalue weighted by Crippen LogP contribution is -2.63. The van der Waals surface area contributed by atoms with Crippen LogP contribution in [0.1, 0.15) is 118 Å². The van der Waals surface area contributed by atoms with Gasteiger partial charge in [-0.15, -0.1) is 0 Å². The number of piperidine rings is 1. The number of fused-ring (bicyclic) bond motifs is 2. The molecule has 3 aliphatic heterocycles. The molecule has 5 aromatic rings. The lowest BCUT2D eigenvalue weighted by Gasteiger charge is -2.57. The SMILES string of the molecule is Cc1cc2cc(Oc3cc(N4CCC5(CC4)CN([C@H]4CCC[C@H]4c4ccccc4C(C)C)C5)ccc3C(=O)NS(=O)(=O)c3cc4c(c([N+](=O)[O-])c3)N[C@@H](C3CCC(C)(O)CC3)CO4)cnc2[nH]1. The molecule has 67 heavy (non-hydrogen) atoms. The van der Waals surface area contributed by atoms with Crippen molar-refractivity contribution in [2.75, 3.05) is 43.0 Å². The second-order valence-electron chi connectivity index (χ2n) is 20.5. The molecule has 3 atom stereocenters. The molecule has 0 bridgehead atoms. The van der Waals surface area contributed by atoms with Gasteiger partial charge in [0.25, 0.3) is 21.6 Å². The van der Waals surface area contributed by atoms with Gasteiger partial charge in [-0.3, -0.25) is 19.8 Å². The molecule has 1 amide bonds. The Morgan fingerprint density at radius 1 is 1.01 bits per heavy atom. The number of aryl methyl sites for hydroxylation is 1. The van der Waals surface area contributed by atoms with E-state index in [0.29, 0.717) is 55.0 Å². The molecule has 0 radical (unpaired) electrons. The smallest absolute Gasteiger partial charge is 0.297 e. The van der Waals surface area contributed by atoms with Gasteiger partial charge in [-0.1, -0.05) is 44.5 Å². The molecule has 2 aliphatic carbocycles. The fraction of sp³-hybridized carbons (Fsp3) is 0.490. The predicted octanol–water partition coefficient (Wildman–Crippen LogP) is 9.17. The van der Waals surface area contributed by atoms with Crippen LogP contribution >= 0.6 is 0 Å². The normalized spacial score (nSPS) is 25.0. The second-order valence-corrected chi connectivity index (χ2v) is 22.2. The number of hydrogen-bond donors (Lipinski definition) is 4. The number of hydrogen-bond acceptors (Lipinski definition) is 12. The average Bonchev–Trinajstić information content (AvgIpc) is 3.93. The highest BCUT2D eigenvalue weighted by atomic mass is 32.2. The fourth-order valence-corrected chi connectivity index (χ4v) is 12.7. The Kier molecular flexibility index (Phi) is 11.7. The van der Waals surface area contributed by atoms with Crippen molar-refractivity contribution in [2.45, 2.75) is 120 Å². The molecule has 4 fully saturated rings. The number of aromatic nitrogens is 2. The zero-order valence-corrected chi connectivity index (χ0v) is 39.5. The van der Waals surface area contributed by atoms with E-state index in [2.05, 4.69) is 67.9 Å². The van der Waals surface area contributed by atoms with Crippen molar-refractivity contribution in [2.24, 2.45) is 11.3 Å². The molecule has 10 rings (SSSR count). The number of rotatable bonds is 11. The van der Waals surface area contributed by atoms with Gasteiger partial charge in [0.15, 0.2) is 11.4 Å².